The van der Waals surface area contributed by atoms with Crippen LogP contribution in [0.2, 0.25) is 0 Å². The summed E-state index contributed by atoms with van der Waals surface area (Å²) in [7, 11) is 0. The maximum Gasteiger partial charge on any atom is 0.306 e. The second-order valence-electron chi connectivity index (χ2n) is 18.1. The molecule has 0 fully saturated rings. The zero-order chi connectivity index (χ0) is 47.2. The first-order valence-corrected chi connectivity index (χ1v) is 27.4. The zero-order valence-corrected chi connectivity index (χ0v) is 42.7. The minimum Gasteiger partial charge on any atom is -0.462 e. The summed E-state index contributed by atoms with van der Waals surface area (Å²) in [4.78, 5) is 37.7. The molecule has 0 aliphatic rings. The molecule has 0 spiro atoms. The Morgan fingerprint density at radius 3 is 0.938 bits per heavy atom. The monoisotopic (exact) mass is 907 g/mol. The van der Waals surface area contributed by atoms with Gasteiger partial charge in [0.25, 0.3) is 0 Å². The number of unbranched alkanes of at least 4 members (excludes halogenated alkanes) is 26. The molecule has 1 atom stereocenters. The molecule has 0 bridgehead atoms. The summed E-state index contributed by atoms with van der Waals surface area (Å²) in [6.07, 6.45) is 67.9. The predicted molar refractivity (Wildman–Crippen MR) is 279 cm³/mol. The summed E-state index contributed by atoms with van der Waals surface area (Å²) in [6.45, 7) is 6.45. The van der Waals surface area contributed by atoms with Gasteiger partial charge in [-0.25, -0.2) is 0 Å². The average molecular weight is 907 g/mol. The van der Waals surface area contributed by atoms with Crippen LogP contribution < -0.4 is 0 Å². The molecule has 374 valence electrons. The lowest BCUT2D eigenvalue weighted by Crippen LogP contribution is -2.30. The van der Waals surface area contributed by atoms with Crippen LogP contribution in [-0.4, -0.2) is 37.2 Å². The lowest BCUT2D eigenvalue weighted by molar-refractivity contribution is -0.167. The van der Waals surface area contributed by atoms with Crippen LogP contribution in [-0.2, 0) is 28.6 Å². The van der Waals surface area contributed by atoms with Gasteiger partial charge < -0.3 is 14.2 Å². The van der Waals surface area contributed by atoms with Gasteiger partial charge in [-0.05, 0) is 70.6 Å². The number of ether oxygens (including phenoxy) is 3. The molecule has 0 saturated carbocycles. The molecule has 0 N–H and O–H groups in total. The summed E-state index contributed by atoms with van der Waals surface area (Å²) in [5, 5.41) is 0. The Kier molecular flexibility index (Phi) is 50.9. The molecule has 0 amide bonds. The molecule has 6 heteroatoms. The Hall–Kier alpha value is -3.15. The molecule has 0 aliphatic heterocycles. The number of carbonyl (C=O) groups excluding carboxylic acids is 3. The van der Waals surface area contributed by atoms with E-state index in [4.69, 9.17) is 14.2 Å². The van der Waals surface area contributed by atoms with Gasteiger partial charge in [0.15, 0.2) is 6.10 Å². The van der Waals surface area contributed by atoms with Crippen LogP contribution in [0.5, 0.6) is 0 Å². The third-order valence-corrected chi connectivity index (χ3v) is 11.7. The molecule has 0 aliphatic carbocycles. The van der Waals surface area contributed by atoms with E-state index in [1.165, 1.54) is 116 Å². The van der Waals surface area contributed by atoms with Gasteiger partial charge in [0.2, 0.25) is 0 Å². The highest BCUT2D eigenvalue weighted by Gasteiger charge is 2.19. The van der Waals surface area contributed by atoms with Gasteiger partial charge >= 0.3 is 17.9 Å². The zero-order valence-electron chi connectivity index (χ0n) is 42.7. The van der Waals surface area contributed by atoms with Gasteiger partial charge in [0.1, 0.15) is 13.2 Å². The van der Waals surface area contributed by atoms with E-state index >= 15 is 0 Å². The van der Waals surface area contributed by atoms with Crippen LogP contribution in [0.1, 0.15) is 265 Å². The quantitative estimate of drug-likeness (QED) is 0.0262. The van der Waals surface area contributed by atoms with Gasteiger partial charge in [-0.15, -0.1) is 0 Å². The fourth-order valence-corrected chi connectivity index (χ4v) is 7.62. The van der Waals surface area contributed by atoms with Crippen LogP contribution in [0.15, 0.2) is 72.9 Å². The minimum absolute atomic E-state index is 0.0763. The molecule has 0 heterocycles. The van der Waals surface area contributed by atoms with Crippen LogP contribution in [0.4, 0.5) is 0 Å². The molecular weight excluding hydrogens is 805 g/mol. The second kappa shape index (κ2) is 53.5. The standard InChI is InChI=1S/C59H102O6/c1-4-7-10-13-15-17-19-21-23-24-25-26-27-28-29-30-31-32-33-34-36-37-39-41-43-46-49-52-58(61)64-55-56(54-63-57(60)51-48-45-12-9-6-3)65-59(62)53-50-47-44-42-40-38-35-22-20-18-16-14-11-8-5-2/h7,10,15,17,21,23,25-26,28-29,31-32,56H,4-6,8-9,11-14,16,18-20,22,24,27,30,33-55H2,1-3H3/b10-7-,17-15-,23-21-,26-25-,29-28-,32-31-. The van der Waals surface area contributed by atoms with Gasteiger partial charge in [-0.3, -0.25) is 14.4 Å². The Morgan fingerprint density at radius 1 is 0.323 bits per heavy atom. The normalized spacial score (nSPS) is 12.6. The number of esters is 3. The van der Waals surface area contributed by atoms with Crippen LogP contribution in [0.3, 0.4) is 0 Å². The largest absolute Gasteiger partial charge is 0.462 e. The summed E-state index contributed by atoms with van der Waals surface area (Å²) < 4.78 is 16.7. The minimum atomic E-state index is -0.772. The van der Waals surface area contributed by atoms with Gasteiger partial charge in [0, 0.05) is 19.3 Å². The van der Waals surface area contributed by atoms with Crippen molar-refractivity contribution in [2.45, 2.75) is 271 Å². The second-order valence-corrected chi connectivity index (χ2v) is 18.1. The Morgan fingerprint density at radius 2 is 0.600 bits per heavy atom. The molecule has 0 aromatic rings. The van der Waals surface area contributed by atoms with Crippen LogP contribution >= 0.6 is 0 Å². The highest BCUT2D eigenvalue weighted by Crippen LogP contribution is 2.16. The Bertz CT molecular complexity index is 1230. The predicted octanol–water partition coefficient (Wildman–Crippen LogP) is 18.2. The van der Waals surface area contributed by atoms with Crippen molar-refractivity contribution < 1.29 is 28.6 Å². The van der Waals surface area contributed by atoms with Crippen LogP contribution in [0.25, 0.3) is 0 Å². The maximum atomic E-state index is 12.7. The van der Waals surface area contributed by atoms with Crippen molar-refractivity contribution in [2.24, 2.45) is 0 Å². The number of hydrogen-bond acceptors (Lipinski definition) is 6. The SMILES string of the molecule is CC/C=C\C/C=C\C/C=C\C/C=C\C/C=C\C/C=C\CCCCCCCCCCC(=O)OCC(COC(=O)CCCCCCC)OC(=O)CCCCCCCCCCCCCCCCC. The third-order valence-electron chi connectivity index (χ3n) is 11.7. The topological polar surface area (TPSA) is 78.9 Å². The highest BCUT2D eigenvalue weighted by atomic mass is 16.6. The fraction of sp³-hybridized carbons (Fsp3) is 0.746. The van der Waals surface area contributed by atoms with E-state index in [1.54, 1.807) is 0 Å². The van der Waals surface area contributed by atoms with Crippen molar-refractivity contribution in [2.75, 3.05) is 13.2 Å². The van der Waals surface area contributed by atoms with E-state index in [2.05, 4.69) is 93.7 Å². The van der Waals surface area contributed by atoms with Gasteiger partial charge in [-0.1, -0.05) is 248 Å². The van der Waals surface area contributed by atoms with Gasteiger partial charge in [0.05, 0.1) is 0 Å². The average Bonchev–Trinajstić information content (AvgIpc) is 3.30. The van der Waals surface area contributed by atoms with E-state index in [1.807, 2.05) is 0 Å². The number of allylic oxidation sites excluding steroid dienone is 12. The number of rotatable bonds is 49. The van der Waals surface area contributed by atoms with Crippen molar-refractivity contribution >= 4 is 17.9 Å². The first-order chi connectivity index (χ1) is 32.0. The molecule has 0 aromatic heterocycles. The van der Waals surface area contributed by atoms with Crippen LogP contribution in [0, 0.1) is 0 Å². The molecule has 65 heavy (non-hydrogen) atoms. The summed E-state index contributed by atoms with van der Waals surface area (Å²) in [6, 6.07) is 0. The molecule has 6 nitrogen and oxygen atoms in total. The van der Waals surface area contributed by atoms with Gasteiger partial charge in [-0.2, -0.15) is 0 Å². The van der Waals surface area contributed by atoms with E-state index in [0.29, 0.717) is 19.3 Å². The number of carbonyl (C=O) groups is 3. The van der Waals surface area contributed by atoms with Crippen molar-refractivity contribution in [1.29, 1.82) is 0 Å². The van der Waals surface area contributed by atoms with Crippen molar-refractivity contribution in [3.05, 3.63) is 72.9 Å². The summed E-state index contributed by atoms with van der Waals surface area (Å²) in [5.74, 6) is -0.892. The third kappa shape index (κ3) is 51.7. The van der Waals surface area contributed by atoms with Crippen molar-refractivity contribution in [3.63, 3.8) is 0 Å². The summed E-state index contributed by atoms with van der Waals surface area (Å²) in [5.41, 5.74) is 0. The molecule has 1 unspecified atom stereocenters. The molecular formula is C59H102O6. The maximum absolute atomic E-state index is 12.7. The van der Waals surface area contributed by atoms with Crippen molar-refractivity contribution in [1.82, 2.24) is 0 Å². The lowest BCUT2D eigenvalue weighted by Gasteiger charge is -2.18. The van der Waals surface area contributed by atoms with E-state index in [-0.39, 0.29) is 31.1 Å². The summed E-state index contributed by atoms with van der Waals surface area (Å²) >= 11 is 0. The number of hydrogen-bond donors (Lipinski definition) is 0. The van der Waals surface area contributed by atoms with E-state index in [0.717, 1.165) is 109 Å². The van der Waals surface area contributed by atoms with Crippen molar-refractivity contribution in [3.8, 4) is 0 Å². The highest BCUT2D eigenvalue weighted by molar-refractivity contribution is 5.71. The van der Waals surface area contributed by atoms with E-state index < -0.39 is 6.10 Å². The molecule has 0 radical (unpaired) electrons. The fourth-order valence-electron chi connectivity index (χ4n) is 7.62. The molecule has 0 saturated heterocycles. The first kappa shape index (κ1) is 61.9. The molecule has 0 aromatic carbocycles. The lowest BCUT2D eigenvalue weighted by atomic mass is 10.0. The molecule has 0 rings (SSSR count). The smallest absolute Gasteiger partial charge is 0.306 e. The Labute approximate surface area is 402 Å². The Balaban J connectivity index is 4.10. The van der Waals surface area contributed by atoms with E-state index in [9.17, 15) is 14.4 Å². The first-order valence-electron chi connectivity index (χ1n) is 27.4.